The molecule has 0 aliphatic rings. The highest BCUT2D eigenvalue weighted by atomic mass is 15.3. The molecular weight excluding hydrogens is 200 g/mol. The molecule has 0 amide bonds. The van der Waals surface area contributed by atoms with Crippen LogP contribution in [0, 0.1) is 20.8 Å². The maximum Gasteiger partial charge on any atom is 0.211 e. The monoisotopic (exact) mass is 218 g/mol. The lowest BCUT2D eigenvalue weighted by Gasteiger charge is -2.08. The average Bonchev–Trinajstić information content (AvgIpc) is 2.20. The Kier molecular flexibility index (Phi) is 3.66. The van der Waals surface area contributed by atoms with Gasteiger partial charge < -0.3 is 11.5 Å². The number of guanidine groups is 1. The number of nitrogens with zero attached hydrogens (tertiary/aromatic N) is 2. The van der Waals surface area contributed by atoms with E-state index >= 15 is 0 Å². The first-order valence-corrected chi connectivity index (χ1v) is 5.13. The lowest BCUT2D eigenvalue weighted by Crippen LogP contribution is -2.22. The van der Waals surface area contributed by atoms with Gasteiger partial charge in [-0.1, -0.05) is 6.07 Å². The topological polar surface area (TPSA) is 76.8 Å². The summed E-state index contributed by atoms with van der Waals surface area (Å²) in [7, 11) is 0. The molecule has 0 aromatic heterocycles. The van der Waals surface area contributed by atoms with Crippen LogP contribution in [0.1, 0.15) is 29.2 Å². The second-order valence-electron chi connectivity index (χ2n) is 3.96. The van der Waals surface area contributed by atoms with Crippen LogP contribution < -0.4 is 11.5 Å². The molecule has 16 heavy (non-hydrogen) atoms. The molecule has 0 spiro atoms. The molecule has 86 valence electrons. The molecule has 4 heteroatoms. The normalized spacial score (nSPS) is 11.4. The predicted octanol–water partition coefficient (Wildman–Crippen LogP) is 1.61. The summed E-state index contributed by atoms with van der Waals surface area (Å²) in [6.07, 6.45) is 0. The number of nitrogens with two attached hydrogens (primary N) is 2. The number of hydrogen-bond acceptors (Lipinski definition) is 2. The van der Waals surface area contributed by atoms with Crippen LogP contribution in [0.25, 0.3) is 0 Å². The van der Waals surface area contributed by atoms with Crippen molar-refractivity contribution < 1.29 is 0 Å². The zero-order valence-electron chi connectivity index (χ0n) is 10.2. The molecule has 0 heterocycles. The minimum absolute atomic E-state index is 0.0270. The van der Waals surface area contributed by atoms with Crippen LogP contribution in [0.4, 0.5) is 0 Å². The molecule has 0 bridgehead atoms. The highest BCUT2D eigenvalue weighted by Gasteiger charge is 2.04. The van der Waals surface area contributed by atoms with E-state index in [-0.39, 0.29) is 5.96 Å². The predicted molar refractivity (Wildman–Crippen MR) is 68.7 cm³/mol. The van der Waals surface area contributed by atoms with Crippen LogP contribution in [0.15, 0.2) is 22.3 Å². The molecule has 0 saturated carbocycles. The third-order valence-corrected chi connectivity index (χ3v) is 2.55. The van der Waals surface area contributed by atoms with Crippen molar-refractivity contribution in [3.8, 4) is 0 Å². The van der Waals surface area contributed by atoms with Crippen LogP contribution in [0.5, 0.6) is 0 Å². The van der Waals surface area contributed by atoms with Crippen molar-refractivity contribution in [3.63, 3.8) is 0 Å². The molecule has 0 unspecified atom stereocenters. The van der Waals surface area contributed by atoms with Crippen molar-refractivity contribution in [1.82, 2.24) is 0 Å². The maximum absolute atomic E-state index is 5.23. The standard InChI is InChI=1S/C12H18N4/c1-7-5-9(3)11(6-8(7)2)10(4)15-16-12(13)14/h5-6H,1-4H3,(H4,13,14,16)/b15-10+. The molecule has 0 atom stereocenters. The first-order chi connectivity index (χ1) is 7.41. The maximum atomic E-state index is 5.23. The van der Waals surface area contributed by atoms with Gasteiger partial charge in [0.2, 0.25) is 5.96 Å². The van der Waals surface area contributed by atoms with Gasteiger partial charge in [0.15, 0.2) is 0 Å². The first-order valence-electron chi connectivity index (χ1n) is 5.13. The van der Waals surface area contributed by atoms with E-state index in [2.05, 4.69) is 43.1 Å². The van der Waals surface area contributed by atoms with Gasteiger partial charge in [0, 0.05) is 5.56 Å². The molecular formula is C12H18N4. The second-order valence-corrected chi connectivity index (χ2v) is 3.96. The van der Waals surface area contributed by atoms with E-state index in [9.17, 15) is 0 Å². The third-order valence-electron chi connectivity index (χ3n) is 2.55. The molecule has 1 rings (SSSR count). The van der Waals surface area contributed by atoms with Crippen molar-refractivity contribution in [2.24, 2.45) is 21.7 Å². The van der Waals surface area contributed by atoms with Crippen molar-refractivity contribution in [3.05, 3.63) is 34.4 Å². The Balaban J connectivity index is 3.19. The van der Waals surface area contributed by atoms with Crippen molar-refractivity contribution in [2.45, 2.75) is 27.7 Å². The van der Waals surface area contributed by atoms with Crippen LogP contribution in [-0.2, 0) is 0 Å². The van der Waals surface area contributed by atoms with E-state index in [1.54, 1.807) is 0 Å². The lowest BCUT2D eigenvalue weighted by atomic mass is 9.98. The lowest BCUT2D eigenvalue weighted by molar-refractivity contribution is 1.19. The average molecular weight is 218 g/mol. The molecule has 0 fully saturated rings. The van der Waals surface area contributed by atoms with E-state index in [1.807, 2.05) is 6.92 Å². The highest BCUT2D eigenvalue weighted by Crippen LogP contribution is 2.16. The number of aryl methyl sites for hydroxylation is 3. The smallest absolute Gasteiger partial charge is 0.211 e. The van der Waals surface area contributed by atoms with E-state index in [4.69, 9.17) is 11.5 Å². The van der Waals surface area contributed by atoms with E-state index in [1.165, 1.54) is 16.7 Å². The van der Waals surface area contributed by atoms with E-state index < -0.39 is 0 Å². The first kappa shape index (κ1) is 12.2. The zero-order chi connectivity index (χ0) is 12.3. The largest absolute Gasteiger partial charge is 0.369 e. The Bertz CT molecular complexity index is 454. The van der Waals surface area contributed by atoms with E-state index in [0.29, 0.717) is 0 Å². The number of hydrogen-bond donors (Lipinski definition) is 2. The molecule has 4 nitrogen and oxygen atoms in total. The van der Waals surface area contributed by atoms with Crippen molar-refractivity contribution >= 4 is 11.7 Å². The summed E-state index contributed by atoms with van der Waals surface area (Å²) >= 11 is 0. The van der Waals surface area contributed by atoms with Crippen LogP contribution >= 0.6 is 0 Å². The number of rotatable bonds is 2. The van der Waals surface area contributed by atoms with E-state index in [0.717, 1.165) is 11.3 Å². The van der Waals surface area contributed by atoms with Crippen LogP contribution in [0.2, 0.25) is 0 Å². The number of benzene rings is 1. The van der Waals surface area contributed by atoms with Gasteiger partial charge in [-0.05, 0) is 50.5 Å². The second kappa shape index (κ2) is 4.79. The van der Waals surface area contributed by atoms with Gasteiger partial charge in [-0.3, -0.25) is 0 Å². The van der Waals surface area contributed by atoms with Gasteiger partial charge in [-0.2, -0.15) is 5.10 Å². The molecule has 1 aromatic rings. The fourth-order valence-electron chi connectivity index (χ4n) is 1.54. The summed E-state index contributed by atoms with van der Waals surface area (Å²) in [5, 5.41) is 7.63. The van der Waals surface area contributed by atoms with Crippen LogP contribution in [-0.4, -0.2) is 11.7 Å². The quantitative estimate of drug-likeness (QED) is 0.449. The minimum atomic E-state index is -0.0270. The summed E-state index contributed by atoms with van der Waals surface area (Å²) in [6.45, 7) is 8.11. The van der Waals surface area contributed by atoms with Gasteiger partial charge in [0.1, 0.15) is 0 Å². The summed E-state index contributed by atoms with van der Waals surface area (Å²) in [5.74, 6) is -0.0270. The third kappa shape index (κ3) is 2.82. The molecule has 4 N–H and O–H groups in total. The summed E-state index contributed by atoms with van der Waals surface area (Å²) in [5.41, 5.74) is 16.0. The molecule has 0 saturated heterocycles. The van der Waals surface area contributed by atoms with Gasteiger partial charge in [0.25, 0.3) is 0 Å². The zero-order valence-corrected chi connectivity index (χ0v) is 10.2. The summed E-state index contributed by atoms with van der Waals surface area (Å²) in [4.78, 5) is 0. The SMILES string of the molecule is C/C(=N\N=C(N)N)c1cc(C)c(C)cc1C. The fourth-order valence-corrected chi connectivity index (χ4v) is 1.54. The molecule has 0 radical (unpaired) electrons. The Morgan fingerprint density at radius 3 is 2.06 bits per heavy atom. The van der Waals surface area contributed by atoms with Crippen molar-refractivity contribution in [1.29, 1.82) is 0 Å². The summed E-state index contributed by atoms with van der Waals surface area (Å²) in [6, 6.07) is 4.24. The molecule has 0 aliphatic carbocycles. The Morgan fingerprint density at radius 1 is 0.938 bits per heavy atom. The van der Waals surface area contributed by atoms with Crippen LogP contribution in [0.3, 0.4) is 0 Å². The summed E-state index contributed by atoms with van der Waals surface area (Å²) < 4.78 is 0. The van der Waals surface area contributed by atoms with Gasteiger partial charge in [-0.15, -0.1) is 5.10 Å². The van der Waals surface area contributed by atoms with Gasteiger partial charge >= 0.3 is 0 Å². The highest BCUT2D eigenvalue weighted by molar-refractivity contribution is 6.00. The fraction of sp³-hybridized carbons (Fsp3) is 0.333. The molecule has 1 aromatic carbocycles. The minimum Gasteiger partial charge on any atom is -0.369 e. The Morgan fingerprint density at radius 2 is 1.50 bits per heavy atom. The van der Waals surface area contributed by atoms with Crippen molar-refractivity contribution in [2.75, 3.05) is 0 Å². The van der Waals surface area contributed by atoms with Gasteiger partial charge in [0.05, 0.1) is 5.71 Å². The molecule has 0 aliphatic heterocycles. The Hall–Kier alpha value is -1.84. The van der Waals surface area contributed by atoms with Gasteiger partial charge in [-0.25, -0.2) is 0 Å². The Labute approximate surface area is 96.1 Å².